The molecule has 0 fully saturated rings. The molecule has 0 saturated carbocycles. The molecular weight excluding hydrogens is 316 g/mol. The van der Waals surface area contributed by atoms with Crippen molar-refractivity contribution in [3.05, 3.63) is 70.6 Å². The molecule has 118 valence electrons. The molecule has 0 radical (unpaired) electrons. The molecule has 0 aliphatic rings. The Morgan fingerprint density at radius 2 is 1.67 bits per heavy atom. The van der Waals surface area contributed by atoms with Crippen LogP contribution in [0, 0.1) is 25.2 Å². The van der Waals surface area contributed by atoms with Crippen molar-refractivity contribution in [1.29, 1.82) is 5.26 Å². The molecule has 0 amide bonds. The highest BCUT2D eigenvalue weighted by atomic mass is 32.1. The van der Waals surface area contributed by atoms with E-state index in [-0.39, 0.29) is 0 Å². The molecule has 0 atom stereocenters. The molecule has 0 aliphatic carbocycles. The van der Waals surface area contributed by atoms with Gasteiger partial charge in [-0.25, -0.2) is 0 Å². The van der Waals surface area contributed by atoms with Crippen LogP contribution in [0.15, 0.2) is 64.8 Å². The van der Waals surface area contributed by atoms with Crippen LogP contribution in [0.25, 0.3) is 0 Å². The molecule has 1 N–H and O–H groups in total. The van der Waals surface area contributed by atoms with Crippen molar-refractivity contribution in [3.63, 3.8) is 0 Å². The third-order valence-electron chi connectivity index (χ3n) is 3.55. The van der Waals surface area contributed by atoms with Gasteiger partial charge in [0.15, 0.2) is 0 Å². The van der Waals surface area contributed by atoms with Crippen LogP contribution in [0.3, 0.4) is 0 Å². The number of anilines is 2. The number of hydrogen-bond acceptors (Lipinski definition) is 5. The summed E-state index contributed by atoms with van der Waals surface area (Å²) in [4.78, 5) is 0.645. The highest BCUT2D eigenvalue weighted by molar-refractivity contribution is 7.17. The van der Waals surface area contributed by atoms with E-state index in [1.165, 1.54) is 16.9 Å². The Kier molecular flexibility index (Phi) is 4.69. The minimum Gasteiger partial charge on any atom is -0.345 e. The summed E-state index contributed by atoms with van der Waals surface area (Å²) in [5, 5.41) is 22.2. The van der Waals surface area contributed by atoms with E-state index in [2.05, 4.69) is 21.6 Å². The van der Waals surface area contributed by atoms with Crippen molar-refractivity contribution in [2.45, 2.75) is 13.8 Å². The number of azo groups is 1. The fourth-order valence-electron chi connectivity index (χ4n) is 2.19. The Bertz CT molecular complexity index is 903. The molecule has 2 aromatic carbocycles. The highest BCUT2D eigenvalue weighted by Crippen LogP contribution is 2.41. The van der Waals surface area contributed by atoms with Gasteiger partial charge >= 0.3 is 0 Å². The lowest BCUT2D eigenvalue weighted by Gasteiger charge is -2.04. The first-order chi connectivity index (χ1) is 11.7. The van der Waals surface area contributed by atoms with Crippen LogP contribution in [0.2, 0.25) is 0 Å². The molecule has 0 aliphatic heterocycles. The molecule has 1 heterocycles. The number of nitrogens with zero attached hydrogens (tertiary/aromatic N) is 3. The topological polar surface area (TPSA) is 60.5 Å². The lowest BCUT2D eigenvalue weighted by Crippen LogP contribution is -1.86. The summed E-state index contributed by atoms with van der Waals surface area (Å²) >= 11 is 1.39. The molecule has 0 bridgehead atoms. The molecule has 0 saturated heterocycles. The van der Waals surface area contributed by atoms with Crippen LogP contribution < -0.4 is 5.32 Å². The maximum Gasteiger partial charge on any atom is 0.125 e. The van der Waals surface area contributed by atoms with Crippen LogP contribution in [-0.4, -0.2) is 0 Å². The Morgan fingerprint density at radius 3 is 2.33 bits per heavy atom. The van der Waals surface area contributed by atoms with Gasteiger partial charge in [0, 0.05) is 11.3 Å². The molecule has 3 aromatic rings. The lowest BCUT2D eigenvalue weighted by atomic mass is 10.2. The summed E-state index contributed by atoms with van der Waals surface area (Å²) in [6, 6.07) is 19.9. The number of rotatable bonds is 4. The van der Waals surface area contributed by atoms with Crippen molar-refractivity contribution < 1.29 is 0 Å². The SMILES string of the molecule is Cc1ccc(N=Nc2c(Nc3ccccc3)sc(C#N)c2C)cc1. The number of aryl methyl sites for hydroxylation is 1. The van der Waals surface area contributed by atoms with E-state index in [0.29, 0.717) is 10.6 Å². The minimum absolute atomic E-state index is 0.645. The Hall–Kier alpha value is -2.97. The summed E-state index contributed by atoms with van der Waals surface area (Å²) in [5.74, 6) is 0. The summed E-state index contributed by atoms with van der Waals surface area (Å²) in [6.07, 6.45) is 0. The van der Waals surface area contributed by atoms with Gasteiger partial charge in [-0.3, -0.25) is 0 Å². The van der Waals surface area contributed by atoms with Gasteiger partial charge in [-0.2, -0.15) is 10.4 Å². The summed E-state index contributed by atoms with van der Waals surface area (Å²) in [6.45, 7) is 3.93. The van der Waals surface area contributed by atoms with Gasteiger partial charge in [0.1, 0.15) is 21.6 Å². The largest absolute Gasteiger partial charge is 0.345 e. The summed E-state index contributed by atoms with van der Waals surface area (Å²) < 4.78 is 0. The maximum absolute atomic E-state index is 9.30. The first-order valence-electron chi connectivity index (χ1n) is 7.51. The van der Waals surface area contributed by atoms with E-state index in [4.69, 9.17) is 0 Å². The van der Waals surface area contributed by atoms with Gasteiger partial charge in [-0.05, 0) is 38.1 Å². The smallest absolute Gasteiger partial charge is 0.125 e. The van der Waals surface area contributed by atoms with Gasteiger partial charge < -0.3 is 5.32 Å². The number of para-hydroxylation sites is 1. The lowest BCUT2D eigenvalue weighted by molar-refractivity contribution is 1.22. The third-order valence-corrected chi connectivity index (χ3v) is 4.65. The Labute approximate surface area is 145 Å². The monoisotopic (exact) mass is 332 g/mol. The van der Waals surface area contributed by atoms with Crippen molar-refractivity contribution >= 4 is 33.4 Å². The number of nitrogens with one attached hydrogen (secondary N) is 1. The van der Waals surface area contributed by atoms with Gasteiger partial charge in [0.2, 0.25) is 0 Å². The second kappa shape index (κ2) is 7.07. The zero-order chi connectivity index (χ0) is 16.9. The zero-order valence-corrected chi connectivity index (χ0v) is 14.3. The van der Waals surface area contributed by atoms with Crippen LogP contribution in [0.4, 0.5) is 22.1 Å². The Balaban J connectivity index is 1.95. The second-order valence-electron chi connectivity index (χ2n) is 5.37. The Morgan fingerprint density at radius 1 is 0.958 bits per heavy atom. The first-order valence-corrected chi connectivity index (χ1v) is 8.33. The quantitative estimate of drug-likeness (QED) is 0.562. The van der Waals surface area contributed by atoms with Gasteiger partial charge in [-0.1, -0.05) is 35.9 Å². The van der Waals surface area contributed by atoms with Gasteiger partial charge in [0.25, 0.3) is 0 Å². The second-order valence-corrected chi connectivity index (χ2v) is 6.39. The van der Waals surface area contributed by atoms with Crippen molar-refractivity contribution in [1.82, 2.24) is 0 Å². The predicted octanol–water partition coefficient (Wildman–Crippen LogP) is 6.40. The van der Waals surface area contributed by atoms with E-state index in [0.717, 1.165) is 21.9 Å². The number of nitriles is 1. The molecule has 0 spiro atoms. The molecule has 24 heavy (non-hydrogen) atoms. The molecular formula is C19H16N4S. The van der Waals surface area contributed by atoms with Crippen LogP contribution >= 0.6 is 11.3 Å². The van der Waals surface area contributed by atoms with E-state index >= 15 is 0 Å². The van der Waals surface area contributed by atoms with E-state index in [9.17, 15) is 5.26 Å². The van der Waals surface area contributed by atoms with Crippen LogP contribution in [0.1, 0.15) is 16.0 Å². The fourth-order valence-corrected chi connectivity index (χ4v) is 3.15. The number of hydrogen-bond donors (Lipinski definition) is 1. The molecule has 0 unspecified atom stereocenters. The fraction of sp³-hybridized carbons (Fsp3) is 0.105. The molecule has 3 rings (SSSR count). The third kappa shape index (κ3) is 3.50. The molecule has 4 nitrogen and oxygen atoms in total. The number of thiophene rings is 1. The highest BCUT2D eigenvalue weighted by Gasteiger charge is 2.15. The predicted molar refractivity (Wildman–Crippen MR) is 98.9 cm³/mol. The van der Waals surface area contributed by atoms with Gasteiger partial charge in [-0.15, -0.1) is 16.5 Å². The van der Waals surface area contributed by atoms with Gasteiger partial charge in [0.05, 0.1) is 5.69 Å². The first kappa shape index (κ1) is 15.9. The summed E-state index contributed by atoms with van der Waals surface area (Å²) in [7, 11) is 0. The average Bonchev–Trinajstić information content (AvgIpc) is 2.90. The van der Waals surface area contributed by atoms with E-state index in [1.54, 1.807) is 0 Å². The van der Waals surface area contributed by atoms with Crippen molar-refractivity contribution in [2.75, 3.05) is 5.32 Å². The molecule has 1 aromatic heterocycles. The van der Waals surface area contributed by atoms with Crippen molar-refractivity contribution in [3.8, 4) is 6.07 Å². The molecule has 5 heteroatoms. The number of benzene rings is 2. The minimum atomic E-state index is 0.645. The van der Waals surface area contributed by atoms with Crippen LogP contribution in [0.5, 0.6) is 0 Å². The van der Waals surface area contributed by atoms with E-state index < -0.39 is 0 Å². The normalized spacial score (nSPS) is 10.7. The zero-order valence-electron chi connectivity index (χ0n) is 13.4. The standard InChI is InChI=1S/C19H16N4S/c1-13-8-10-16(11-9-13)22-23-18-14(2)17(12-20)24-19(18)21-15-6-4-3-5-7-15/h3-11,21H,1-2H3. The van der Waals surface area contributed by atoms with E-state index in [1.807, 2.05) is 68.4 Å². The maximum atomic E-state index is 9.30. The van der Waals surface area contributed by atoms with Crippen LogP contribution in [-0.2, 0) is 0 Å². The average molecular weight is 332 g/mol. The van der Waals surface area contributed by atoms with Crippen molar-refractivity contribution in [2.24, 2.45) is 10.2 Å². The summed E-state index contributed by atoms with van der Waals surface area (Å²) in [5.41, 5.74) is 4.47.